The van der Waals surface area contributed by atoms with Crippen molar-refractivity contribution in [2.45, 2.75) is 31.4 Å². The molecule has 1 aromatic heterocycles. The lowest BCUT2D eigenvalue weighted by atomic mass is 10.1. The van der Waals surface area contributed by atoms with Gasteiger partial charge in [-0.3, -0.25) is 0 Å². The molecule has 0 aliphatic carbocycles. The van der Waals surface area contributed by atoms with Crippen LogP contribution in [0.15, 0.2) is 30.5 Å². The molecule has 2 rings (SSSR count). The van der Waals surface area contributed by atoms with Crippen LogP contribution < -0.4 is 0 Å². The van der Waals surface area contributed by atoms with E-state index in [-0.39, 0.29) is 11.9 Å². The molecule has 7 heteroatoms. The Morgan fingerprint density at radius 2 is 2.10 bits per heavy atom. The third-order valence-corrected chi connectivity index (χ3v) is 3.37. The van der Waals surface area contributed by atoms with Crippen molar-refractivity contribution in [2.75, 3.05) is 0 Å². The molecule has 0 bridgehead atoms. The minimum atomic E-state index is -4.34. The van der Waals surface area contributed by atoms with Gasteiger partial charge in [0.1, 0.15) is 5.69 Å². The molecule has 2 aromatic rings. The second kappa shape index (κ2) is 5.83. The molecule has 20 heavy (non-hydrogen) atoms. The van der Waals surface area contributed by atoms with E-state index >= 15 is 0 Å². The lowest BCUT2D eigenvalue weighted by Gasteiger charge is -2.08. The topological polar surface area (TPSA) is 30.7 Å². The summed E-state index contributed by atoms with van der Waals surface area (Å²) in [5.41, 5.74) is 0.471. The highest BCUT2D eigenvalue weighted by molar-refractivity contribution is 6.20. The first-order chi connectivity index (χ1) is 9.40. The molecular formula is C13H13ClF3N3. The zero-order chi connectivity index (χ0) is 14.8. The minimum absolute atomic E-state index is 0.226. The summed E-state index contributed by atoms with van der Waals surface area (Å²) in [6.07, 6.45) is -1.97. The van der Waals surface area contributed by atoms with E-state index in [2.05, 4.69) is 10.3 Å². The van der Waals surface area contributed by atoms with Crippen molar-refractivity contribution in [3.05, 3.63) is 47.3 Å². The fourth-order valence-electron chi connectivity index (χ4n) is 1.78. The number of rotatable bonds is 4. The lowest BCUT2D eigenvalue weighted by molar-refractivity contribution is -0.137. The van der Waals surface area contributed by atoms with Gasteiger partial charge in [-0.15, -0.1) is 16.7 Å². The smallest absolute Gasteiger partial charge is 0.248 e. The molecule has 1 unspecified atom stereocenters. The molecule has 1 heterocycles. The van der Waals surface area contributed by atoms with E-state index in [1.807, 2.05) is 6.92 Å². The van der Waals surface area contributed by atoms with E-state index in [0.717, 1.165) is 12.1 Å². The van der Waals surface area contributed by atoms with Gasteiger partial charge in [-0.1, -0.05) is 24.3 Å². The molecule has 3 nitrogen and oxygen atoms in total. The summed E-state index contributed by atoms with van der Waals surface area (Å²) < 4.78 is 39.3. The quantitative estimate of drug-likeness (QED) is 0.798. The monoisotopic (exact) mass is 303 g/mol. The fraction of sp³-hybridized carbons (Fsp3) is 0.385. The van der Waals surface area contributed by atoms with Crippen LogP contribution in [0.4, 0.5) is 13.2 Å². The summed E-state index contributed by atoms with van der Waals surface area (Å²) in [7, 11) is 0. The van der Waals surface area contributed by atoms with Crippen molar-refractivity contribution >= 4 is 11.6 Å². The molecule has 0 aliphatic heterocycles. The molecule has 1 atom stereocenters. The summed E-state index contributed by atoms with van der Waals surface area (Å²) in [4.78, 5) is 0. The molecule has 0 radical (unpaired) electrons. The first kappa shape index (κ1) is 14.8. The maximum absolute atomic E-state index is 12.6. The van der Waals surface area contributed by atoms with Gasteiger partial charge < -0.3 is 0 Å². The van der Waals surface area contributed by atoms with Gasteiger partial charge in [-0.2, -0.15) is 13.2 Å². The van der Waals surface area contributed by atoms with Gasteiger partial charge in [0.05, 0.1) is 23.7 Å². The molecule has 0 fully saturated rings. The summed E-state index contributed by atoms with van der Waals surface area (Å²) in [6.45, 7) is 2.15. The number of hydrogen-bond acceptors (Lipinski definition) is 2. The number of nitrogens with zero attached hydrogens (tertiary/aromatic N) is 3. The molecular weight excluding hydrogens is 291 g/mol. The highest BCUT2D eigenvalue weighted by atomic mass is 35.5. The molecule has 0 amide bonds. The standard InChI is InChI=1S/C13H13ClF3N3/c1-2-11(14)12-8-20(19-18-12)7-9-4-3-5-10(6-9)13(15,16)17/h3-6,8,11H,2,7H2,1H3. The SMILES string of the molecule is CCC(Cl)c1cn(Cc2cccc(C(F)(F)F)c2)nn1. The van der Waals surface area contributed by atoms with Crippen LogP contribution in [0.3, 0.4) is 0 Å². The van der Waals surface area contributed by atoms with Crippen molar-refractivity contribution in [1.82, 2.24) is 15.0 Å². The second-order valence-electron chi connectivity index (χ2n) is 4.41. The Bertz CT molecular complexity index is 580. The summed E-state index contributed by atoms with van der Waals surface area (Å²) in [6, 6.07) is 5.16. The van der Waals surface area contributed by atoms with Crippen LogP contribution in [0.25, 0.3) is 0 Å². The first-order valence-electron chi connectivity index (χ1n) is 6.10. The average molecular weight is 304 g/mol. The van der Waals surface area contributed by atoms with Crippen LogP contribution in [0.2, 0.25) is 0 Å². The zero-order valence-electron chi connectivity index (χ0n) is 10.7. The molecule has 0 saturated carbocycles. The molecule has 0 saturated heterocycles. The van der Waals surface area contributed by atoms with Crippen molar-refractivity contribution in [1.29, 1.82) is 0 Å². The Morgan fingerprint density at radius 3 is 2.75 bits per heavy atom. The van der Waals surface area contributed by atoms with E-state index in [0.29, 0.717) is 17.7 Å². The van der Waals surface area contributed by atoms with Crippen molar-refractivity contribution in [3.63, 3.8) is 0 Å². The van der Waals surface area contributed by atoms with E-state index in [9.17, 15) is 13.2 Å². The molecule has 0 aliphatic rings. The van der Waals surface area contributed by atoms with Crippen LogP contribution in [-0.4, -0.2) is 15.0 Å². The molecule has 1 aromatic carbocycles. The predicted octanol–water partition coefficient (Wildman–Crippen LogP) is 4.04. The maximum Gasteiger partial charge on any atom is 0.416 e. The lowest BCUT2D eigenvalue weighted by Crippen LogP contribution is -2.07. The van der Waals surface area contributed by atoms with E-state index in [1.54, 1.807) is 12.3 Å². The predicted molar refractivity (Wildman–Crippen MR) is 69.5 cm³/mol. The summed E-state index contributed by atoms with van der Waals surface area (Å²) >= 11 is 6.03. The second-order valence-corrected chi connectivity index (χ2v) is 4.94. The van der Waals surface area contributed by atoms with Crippen LogP contribution in [-0.2, 0) is 12.7 Å². The fourth-order valence-corrected chi connectivity index (χ4v) is 1.88. The summed E-state index contributed by atoms with van der Waals surface area (Å²) in [5.74, 6) is 0. The Kier molecular flexibility index (Phi) is 4.32. The highest BCUT2D eigenvalue weighted by Gasteiger charge is 2.30. The van der Waals surface area contributed by atoms with Gasteiger partial charge in [0.25, 0.3) is 0 Å². The normalized spacial score (nSPS) is 13.4. The van der Waals surface area contributed by atoms with Gasteiger partial charge in [-0.05, 0) is 24.1 Å². The third kappa shape index (κ3) is 3.50. The van der Waals surface area contributed by atoms with Crippen molar-refractivity contribution in [2.24, 2.45) is 0 Å². The van der Waals surface area contributed by atoms with E-state index < -0.39 is 11.7 Å². The van der Waals surface area contributed by atoms with Crippen molar-refractivity contribution in [3.8, 4) is 0 Å². The van der Waals surface area contributed by atoms with Crippen LogP contribution >= 0.6 is 11.6 Å². The number of alkyl halides is 4. The number of hydrogen-bond donors (Lipinski definition) is 0. The van der Waals surface area contributed by atoms with Gasteiger partial charge in [0.2, 0.25) is 0 Å². The molecule has 0 N–H and O–H groups in total. The van der Waals surface area contributed by atoms with Crippen LogP contribution in [0.1, 0.15) is 35.5 Å². The molecule has 108 valence electrons. The van der Waals surface area contributed by atoms with Gasteiger partial charge >= 0.3 is 6.18 Å². The summed E-state index contributed by atoms with van der Waals surface area (Å²) in [5, 5.41) is 7.56. The average Bonchev–Trinajstić information content (AvgIpc) is 2.85. The zero-order valence-corrected chi connectivity index (χ0v) is 11.5. The van der Waals surface area contributed by atoms with Crippen molar-refractivity contribution < 1.29 is 13.2 Å². The number of halogens is 4. The van der Waals surface area contributed by atoms with Gasteiger partial charge in [0, 0.05) is 0 Å². The molecule has 0 spiro atoms. The Morgan fingerprint density at radius 1 is 1.35 bits per heavy atom. The van der Waals surface area contributed by atoms with E-state index in [4.69, 9.17) is 11.6 Å². The maximum atomic E-state index is 12.6. The third-order valence-electron chi connectivity index (χ3n) is 2.83. The Hall–Kier alpha value is -1.56. The van der Waals surface area contributed by atoms with E-state index in [1.165, 1.54) is 10.7 Å². The highest BCUT2D eigenvalue weighted by Crippen LogP contribution is 2.29. The minimum Gasteiger partial charge on any atom is -0.248 e. The Balaban J connectivity index is 2.16. The van der Waals surface area contributed by atoms with Crippen LogP contribution in [0.5, 0.6) is 0 Å². The van der Waals surface area contributed by atoms with Gasteiger partial charge in [-0.25, -0.2) is 4.68 Å². The number of benzene rings is 1. The number of aromatic nitrogens is 3. The van der Waals surface area contributed by atoms with Gasteiger partial charge in [0.15, 0.2) is 0 Å². The Labute approximate surface area is 119 Å². The van der Waals surface area contributed by atoms with Crippen LogP contribution in [0, 0.1) is 0 Å². The largest absolute Gasteiger partial charge is 0.416 e. The first-order valence-corrected chi connectivity index (χ1v) is 6.54.